The summed E-state index contributed by atoms with van der Waals surface area (Å²) in [6.45, 7) is 2.33. The van der Waals surface area contributed by atoms with Gasteiger partial charge in [0, 0.05) is 19.3 Å². The fourth-order valence-electron chi connectivity index (χ4n) is 10.1. The van der Waals surface area contributed by atoms with Crippen LogP contribution in [0.2, 0.25) is 0 Å². The second-order valence-corrected chi connectivity index (χ2v) is 29.4. The summed E-state index contributed by atoms with van der Waals surface area (Å²) in [5.41, 5.74) is 0. The van der Waals surface area contributed by atoms with Crippen molar-refractivity contribution in [2.24, 2.45) is 0 Å². The minimum atomic E-state index is -4.96. The van der Waals surface area contributed by atoms with Crippen molar-refractivity contribution < 1.29 is 75.8 Å². The highest BCUT2D eigenvalue weighted by molar-refractivity contribution is 7.47. The lowest BCUT2D eigenvalue weighted by Crippen LogP contribution is -2.30. The van der Waals surface area contributed by atoms with Crippen LogP contribution < -0.4 is 0 Å². The van der Waals surface area contributed by atoms with Gasteiger partial charge in [0.1, 0.15) is 25.4 Å². The Labute approximate surface area is 648 Å². The molecule has 107 heavy (non-hydrogen) atoms. The number of aliphatic hydroxyl groups excluding tert-OH is 2. The van der Waals surface area contributed by atoms with Crippen molar-refractivity contribution >= 4 is 33.6 Å². The minimum Gasteiger partial charge on any atom is -0.463 e. The molecule has 0 aromatic heterocycles. The predicted molar refractivity (Wildman–Crippen MR) is 444 cm³/mol. The van der Waals surface area contributed by atoms with E-state index in [0.29, 0.717) is 19.3 Å². The van der Waals surface area contributed by atoms with E-state index in [-0.39, 0.29) is 19.3 Å². The highest BCUT2D eigenvalue weighted by Gasteiger charge is 2.29. The van der Waals surface area contributed by atoms with Crippen molar-refractivity contribution in [2.45, 2.75) is 309 Å². The molecule has 0 saturated carbocycles. The lowest BCUT2D eigenvalue weighted by Gasteiger charge is -2.21. The van der Waals surface area contributed by atoms with E-state index in [1.54, 1.807) is 0 Å². The molecule has 0 aromatic carbocycles. The number of hydrogen-bond acceptors (Lipinski definition) is 14. The number of rotatable bonds is 75. The molecule has 0 amide bonds. The van der Waals surface area contributed by atoms with Gasteiger partial charge in [0.25, 0.3) is 0 Å². The maximum Gasteiger partial charge on any atom is 0.472 e. The Balaban J connectivity index is 4.70. The molecule has 18 heteroatoms. The summed E-state index contributed by atoms with van der Waals surface area (Å²) >= 11 is 0. The number of allylic oxidation sites excluding steroid dienone is 32. The van der Waals surface area contributed by atoms with Gasteiger partial charge < -0.3 is 34.2 Å². The second kappa shape index (κ2) is 79.9. The van der Waals surface area contributed by atoms with Gasteiger partial charge in [0.2, 0.25) is 0 Å². The molecule has 0 bridgehead atoms. The molecule has 5 unspecified atom stereocenters. The standard InChI is InChI=1S/C89H144O16P2/c1-4-7-10-13-16-19-22-25-28-31-34-37-38-39-40-41-42-43-44-47-49-51-54-57-60-63-66-69-72-75-87(92)99-78-84(90)79-101-106(95,96)102-80-85(91)81-103-107(97,98)104-83-86(105-89(94)77-74-71-68-65-62-59-56-53-50-46-36-33-30-27-24-21-18-15-12-9-6-3)82-100-88(93)76-73-70-67-64-61-58-55-52-48-45-35-32-29-26-23-20-17-14-11-8-5-2/h7-8,10-11,16-21,25-30,34-37,39-40,42-43,45-46,52-53,55-56,61,64,84-86,90-91H,4-6,9,12-15,22-24,31-33,38,41,44,47-51,54,57-60,62-63,65-83H2,1-3H3,(H,95,96)(H,97,98)/b10-7-,11-8-,19-16-,20-17-,21-18-,28-25-,29-26-,30-27-,37-34-,40-39-,43-42-,45-35-,46-36-,55-52-,56-53-,64-61-. The molecule has 0 saturated heterocycles. The number of esters is 3. The number of aliphatic hydroxyl groups is 2. The van der Waals surface area contributed by atoms with Crippen molar-refractivity contribution in [3.05, 3.63) is 194 Å². The molecule has 16 nitrogen and oxygen atoms in total. The van der Waals surface area contributed by atoms with Crippen molar-refractivity contribution in [3.8, 4) is 0 Å². The molecule has 0 spiro atoms. The van der Waals surface area contributed by atoms with Crippen LogP contribution in [0.25, 0.3) is 0 Å². The van der Waals surface area contributed by atoms with Gasteiger partial charge in [-0.05, 0) is 167 Å². The van der Waals surface area contributed by atoms with E-state index >= 15 is 0 Å². The van der Waals surface area contributed by atoms with E-state index in [4.69, 9.17) is 32.3 Å². The summed E-state index contributed by atoms with van der Waals surface area (Å²) in [5.74, 6) is -1.66. The number of carbonyl (C=O) groups is 3. The van der Waals surface area contributed by atoms with Crippen LogP contribution >= 0.6 is 15.6 Å². The van der Waals surface area contributed by atoms with Crippen molar-refractivity contribution in [1.29, 1.82) is 0 Å². The van der Waals surface area contributed by atoms with E-state index in [1.165, 1.54) is 51.4 Å². The summed E-state index contributed by atoms with van der Waals surface area (Å²) in [6.07, 6.45) is 105. The second-order valence-electron chi connectivity index (χ2n) is 26.5. The average molecular weight is 1530 g/mol. The highest BCUT2D eigenvalue weighted by atomic mass is 31.2. The monoisotopic (exact) mass is 1530 g/mol. The number of hydrogen-bond donors (Lipinski definition) is 4. The fraction of sp³-hybridized carbons (Fsp3) is 0.607. The Morgan fingerprint density at radius 2 is 0.495 bits per heavy atom. The van der Waals surface area contributed by atoms with Crippen LogP contribution in [-0.4, -0.2) is 95.9 Å². The van der Waals surface area contributed by atoms with E-state index in [1.807, 2.05) is 0 Å². The van der Waals surface area contributed by atoms with Gasteiger partial charge in [0.15, 0.2) is 6.10 Å². The van der Waals surface area contributed by atoms with Crippen LogP contribution in [-0.2, 0) is 55.8 Å². The molecule has 0 aromatic rings. The topological polar surface area (TPSA) is 231 Å². The molecule has 0 rings (SSSR count). The lowest BCUT2D eigenvalue weighted by molar-refractivity contribution is -0.161. The largest absolute Gasteiger partial charge is 0.472 e. The smallest absolute Gasteiger partial charge is 0.463 e. The Morgan fingerprint density at radius 1 is 0.271 bits per heavy atom. The highest BCUT2D eigenvalue weighted by Crippen LogP contribution is 2.45. The SMILES string of the molecule is CC/C=C\C/C=C\C/C=C\C/C=C\C/C=C\C/C=C\CCCCCCCCCCCCC(=O)OCC(O)COP(=O)(O)OCC(O)COP(=O)(O)OCC(COC(=O)CCCC/C=C\C/C=C\C/C=C\C/C=C\C/C=C\C/C=C\CC)OC(=O)CCCCCCC/C=C\C/C=C\C/C=C\C/C=C\CCCCC. The predicted octanol–water partition coefficient (Wildman–Crippen LogP) is 24.3. The lowest BCUT2D eigenvalue weighted by atomic mass is 10.1. The summed E-state index contributed by atoms with van der Waals surface area (Å²) in [4.78, 5) is 58.8. The molecule has 0 fully saturated rings. The third-order valence-electron chi connectivity index (χ3n) is 16.3. The first-order valence-corrected chi connectivity index (χ1v) is 43.7. The van der Waals surface area contributed by atoms with Gasteiger partial charge in [0.05, 0.1) is 26.4 Å². The third-order valence-corrected chi connectivity index (χ3v) is 18.2. The van der Waals surface area contributed by atoms with Crippen LogP contribution in [0.3, 0.4) is 0 Å². The van der Waals surface area contributed by atoms with E-state index in [9.17, 15) is 43.5 Å². The van der Waals surface area contributed by atoms with Gasteiger partial charge in [-0.3, -0.25) is 32.5 Å². The zero-order valence-electron chi connectivity index (χ0n) is 66.2. The molecule has 5 atom stereocenters. The number of unbranched alkanes of at least 4 members (excludes halogenated alkanes) is 20. The normalized spacial score (nSPS) is 14.9. The van der Waals surface area contributed by atoms with E-state index < -0.39 is 91.5 Å². The molecule has 0 heterocycles. The quantitative estimate of drug-likeness (QED) is 0.0146. The molecule has 0 aliphatic carbocycles. The van der Waals surface area contributed by atoms with Gasteiger partial charge in [-0.2, -0.15) is 0 Å². The number of phosphoric acid groups is 2. The maximum absolute atomic E-state index is 13.0. The average Bonchev–Trinajstić information content (AvgIpc) is 0.907. The van der Waals surface area contributed by atoms with Gasteiger partial charge >= 0.3 is 33.6 Å². The van der Waals surface area contributed by atoms with E-state index in [0.717, 1.165) is 180 Å². The summed E-state index contributed by atoms with van der Waals surface area (Å²) < 4.78 is 61.2. The van der Waals surface area contributed by atoms with Gasteiger partial charge in [-0.1, -0.05) is 299 Å². The van der Waals surface area contributed by atoms with Crippen LogP contribution in [0.4, 0.5) is 0 Å². The first-order chi connectivity index (χ1) is 52.2. The first-order valence-electron chi connectivity index (χ1n) is 40.7. The molecular formula is C89H144O16P2. The molecule has 0 aliphatic heterocycles. The molecule has 0 radical (unpaired) electrons. The minimum absolute atomic E-state index is 0.0658. The van der Waals surface area contributed by atoms with Crippen molar-refractivity contribution in [1.82, 2.24) is 0 Å². The number of phosphoric ester groups is 2. The van der Waals surface area contributed by atoms with Crippen molar-refractivity contribution in [3.63, 3.8) is 0 Å². The Kier molecular flexibility index (Phi) is 75.7. The third kappa shape index (κ3) is 81.2. The zero-order chi connectivity index (χ0) is 78.0. The zero-order valence-corrected chi connectivity index (χ0v) is 68.0. The Bertz CT molecular complexity index is 2720. The number of ether oxygens (including phenoxy) is 3. The summed E-state index contributed by atoms with van der Waals surface area (Å²) in [6, 6.07) is 0. The Hall–Kier alpha value is -5.61. The molecule has 606 valence electrons. The number of carbonyl (C=O) groups excluding carboxylic acids is 3. The Morgan fingerprint density at radius 3 is 0.804 bits per heavy atom. The van der Waals surface area contributed by atoms with Crippen LogP contribution in [0.1, 0.15) is 290 Å². The summed E-state index contributed by atoms with van der Waals surface area (Å²) in [5, 5.41) is 20.7. The van der Waals surface area contributed by atoms with Gasteiger partial charge in [-0.25, -0.2) is 9.13 Å². The van der Waals surface area contributed by atoms with Crippen molar-refractivity contribution in [2.75, 3.05) is 39.6 Å². The molecule has 4 N–H and O–H groups in total. The van der Waals surface area contributed by atoms with Crippen LogP contribution in [0, 0.1) is 0 Å². The van der Waals surface area contributed by atoms with Crippen LogP contribution in [0.5, 0.6) is 0 Å². The van der Waals surface area contributed by atoms with Gasteiger partial charge in [-0.15, -0.1) is 0 Å². The fourth-order valence-corrected chi connectivity index (χ4v) is 11.7. The van der Waals surface area contributed by atoms with Crippen LogP contribution in [0.15, 0.2) is 194 Å². The first kappa shape index (κ1) is 101. The molecule has 0 aliphatic rings. The van der Waals surface area contributed by atoms with E-state index in [2.05, 4.69) is 215 Å². The maximum atomic E-state index is 13.0. The summed E-state index contributed by atoms with van der Waals surface area (Å²) in [7, 11) is -9.83. The molecular weight excluding hydrogens is 1390 g/mol.